The molecular formula is C16H17NO2S. The number of benzene rings is 2. The van der Waals surface area contributed by atoms with E-state index in [-0.39, 0.29) is 5.91 Å². The normalized spacial score (nSPS) is 10.1. The molecule has 0 saturated carbocycles. The summed E-state index contributed by atoms with van der Waals surface area (Å²) in [5.41, 5.74) is 1.42. The zero-order chi connectivity index (χ0) is 14.4. The fourth-order valence-corrected chi connectivity index (χ4v) is 2.46. The maximum absolute atomic E-state index is 12.3. The van der Waals surface area contributed by atoms with Gasteiger partial charge in [0.05, 0.1) is 12.2 Å². The van der Waals surface area contributed by atoms with Crippen LogP contribution in [0.15, 0.2) is 53.4 Å². The minimum absolute atomic E-state index is 0.108. The molecule has 104 valence electrons. The Balaban J connectivity index is 2.17. The third kappa shape index (κ3) is 3.54. The molecule has 3 nitrogen and oxygen atoms in total. The van der Waals surface area contributed by atoms with E-state index in [1.807, 2.05) is 61.7 Å². The first-order valence-corrected chi connectivity index (χ1v) is 7.64. The Labute approximate surface area is 123 Å². The Morgan fingerprint density at radius 2 is 2.00 bits per heavy atom. The molecule has 4 heteroatoms. The Morgan fingerprint density at radius 3 is 2.75 bits per heavy atom. The molecule has 1 amide bonds. The van der Waals surface area contributed by atoms with Gasteiger partial charge in [0.15, 0.2) is 0 Å². The molecule has 0 atom stereocenters. The van der Waals surface area contributed by atoms with Gasteiger partial charge in [0.2, 0.25) is 0 Å². The highest BCUT2D eigenvalue weighted by Crippen LogP contribution is 2.22. The van der Waals surface area contributed by atoms with E-state index in [4.69, 9.17) is 4.74 Å². The molecule has 2 aromatic rings. The average Bonchev–Trinajstić information content (AvgIpc) is 2.48. The fraction of sp³-hybridized carbons (Fsp3) is 0.188. The van der Waals surface area contributed by atoms with Crippen LogP contribution in [0.5, 0.6) is 5.75 Å². The van der Waals surface area contributed by atoms with E-state index >= 15 is 0 Å². The van der Waals surface area contributed by atoms with Gasteiger partial charge in [-0.1, -0.05) is 18.2 Å². The Morgan fingerprint density at radius 1 is 1.20 bits per heavy atom. The lowest BCUT2D eigenvalue weighted by atomic mass is 10.2. The number of carbonyl (C=O) groups is 1. The van der Waals surface area contributed by atoms with Crippen LogP contribution in [0.1, 0.15) is 17.3 Å². The van der Waals surface area contributed by atoms with Gasteiger partial charge in [0.25, 0.3) is 5.91 Å². The number of hydrogen-bond donors (Lipinski definition) is 1. The van der Waals surface area contributed by atoms with Crippen molar-refractivity contribution in [3.8, 4) is 5.75 Å². The molecule has 20 heavy (non-hydrogen) atoms. The number of thioether (sulfide) groups is 1. The van der Waals surface area contributed by atoms with Crippen LogP contribution in [0, 0.1) is 0 Å². The number of nitrogens with one attached hydrogen (secondary N) is 1. The van der Waals surface area contributed by atoms with Crippen LogP contribution >= 0.6 is 11.8 Å². The lowest BCUT2D eigenvalue weighted by Crippen LogP contribution is -2.12. The summed E-state index contributed by atoms with van der Waals surface area (Å²) in [6.45, 7) is 2.53. The van der Waals surface area contributed by atoms with E-state index in [1.54, 1.807) is 11.8 Å². The van der Waals surface area contributed by atoms with Gasteiger partial charge in [-0.2, -0.15) is 0 Å². The maximum Gasteiger partial charge on any atom is 0.256 e. The predicted octanol–water partition coefficient (Wildman–Crippen LogP) is 4.06. The van der Waals surface area contributed by atoms with Crippen molar-refractivity contribution in [3.05, 3.63) is 54.1 Å². The first-order valence-electron chi connectivity index (χ1n) is 6.42. The molecule has 0 aliphatic heterocycles. The summed E-state index contributed by atoms with van der Waals surface area (Å²) in [5, 5.41) is 2.90. The van der Waals surface area contributed by atoms with E-state index in [9.17, 15) is 4.79 Å². The van der Waals surface area contributed by atoms with E-state index in [0.717, 1.165) is 16.3 Å². The molecule has 0 fully saturated rings. The third-order valence-corrected chi connectivity index (χ3v) is 3.55. The second kappa shape index (κ2) is 7.01. The summed E-state index contributed by atoms with van der Waals surface area (Å²) in [4.78, 5) is 13.3. The largest absolute Gasteiger partial charge is 0.494 e. The van der Waals surface area contributed by atoms with Crippen molar-refractivity contribution < 1.29 is 9.53 Å². The maximum atomic E-state index is 12.3. The second-order valence-corrected chi connectivity index (χ2v) is 4.96. The molecular weight excluding hydrogens is 270 g/mol. The van der Waals surface area contributed by atoms with Crippen molar-refractivity contribution in [2.24, 2.45) is 0 Å². The zero-order valence-corrected chi connectivity index (χ0v) is 12.4. The highest BCUT2D eigenvalue weighted by Gasteiger charge is 2.10. The summed E-state index contributed by atoms with van der Waals surface area (Å²) >= 11 is 1.56. The molecule has 0 saturated heterocycles. The Bertz CT molecular complexity index is 599. The Hall–Kier alpha value is -1.94. The summed E-state index contributed by atoms with van der Waals surface area (Å²) in [7, 11) is 0. The molecule has 2 aromatic carbocycles. The van der Waals surface area contributed by atoms with Crippen molar-refractivity contribution in [1.29, 1.82) is 0 Å². The van der Waals surface area contributed by atoms with Gasteiger partial charge in [-0.15, -0.1) is 11.8 Å². The SMILES string of the molecule is CCOc1cccc(NC(=O)c2ccccc2SC)c1. The van der Waals surface area contributed by atoms with Gasteiger partial charge >= 0.3 is 0 Å². The standard InChI is InChI=1S/C16H17NO2S/c1-3-19-13-8-6-7-12(11-13)17-16(18)14-9-4-5-10-15(14)20-2/h4-11H,3H2,1-2H3,(H,17,18). The van der Waals surface area contributed by atoms with Crippen molar-refractivity contribution in [2.45, 2.75) is 11.8 Å². The minimum Gasteiger partial charge on any atom is -0.494 e. The van der Waals surface area contributed by atoms with Crippen LogP contribution in [0.3, 0.4) is 0 Å². The van der Waals surface area contributed by atoms with E-state index < -0.39 is 0 Å². The van der Waals surface area contributed by atoms with Crippen molar-refractivity contribution in [3.63, 3.8) is 0 Å². The zero-order valence-electron chi connectivity index (χ0n) is 11.6. The molecule has 2 rings (SSSR count). The molecule has 0 aromatic heterocycles. The topological polar surface area (TPSA) is 38.3 Å². The van der Waals surface area contributed by atoms with Crippen molar-refractivity contribution in [1.82, 2.24) is 0 Å². The lowest BCUT2D eigenvalue weighted by molar-refractivity contribution is 0.102. The van der Waals surface area contributed by atoms with Gasteiger partial charge in [0, 0.05) is 16.6 Å². The predicted molar refractivity (Wildman–Crippen MR) is 83.8 cm³/mol. The van der Waals surface area contributed by atoms with E-state index in [2.05, 4.69) is 5.32 Å². The fourth-order valence-electron chi connectivity index (χ4n) is 1.86. The summed E-state index contributed by atoms with van der Waals surface area (Å²) in [6, 6.07) is 15.0. The summed E-state index contributed by atoms with van der Waals surface area (Å²) in [5.74, 6) is 0.645. The second-order valence-electron chi connectivity index (χ2n) is 4.12. The smallest absolute Gasteiger partial charge is 0.256 e. The number of amides is 1. The van der Waals surface area contributed by atoms with Gasteiger partial charge in [-0.3, -0.25) is 4.79 Å². The lowest BCUT2D eigenvalue weighted by Gasteiger charge is -2.10. The first kappa shape index (κ1) is 14.5. The molecule has 0 aliphatic rings. The molecule has 0 radical (unpaired) electrons. The van der Waals surface area contributed by atoms with Gasteiger partial charge in [-0.25, -0.2) is 0 Å². The summed E-state index contributed by atoms with van der Waals surface area (Å²) < 4.78 is 5.42. The van der Waals surface area contributed by atoms with Crippen LogP contribution in [-0.4, -0.2) is 18.8 Å². The van der Waals surface area contributed by atoms with Crippen LogP contribution in [-0.2, 0) is 0 Å². The molecule has 0 aliphatic carbocycles. The molecule has 0 bridgehead atoms. The van der Waals surface area contributed by atoms with Gasteiger partial charge in [0.1, 0.15) is 5.75 Å². The van der Waals surface area contributed by atoms with E-state index in [1.165, 1.54) is 0 Å². The van der Waals surface area contributed by atoms with Crippen LogP contribution in [0.4, 0.5) is 5.69 Å². The van der Waals surface area contributed by atoms with Crippen LogP contribution < -0.4 is 10.1 Å². The highest BCUT2D eigenvalue weighted by atomic mass is 32.2. The summed E-state index contributed by atoms with van der Waals surface area (Å²) in [6.07, 6.45) is 1.96. The Kier molecular flexibility index (Phi) is 5.07. The van der Waals surface area contributed by atoms with Crippen LogP contribution in [0.2, 0.25) is 0 Å². The number of rotatable bonds is 5. The van der Waals surface area contributed by atoms with E-state index in [0.29, 0.717) is 12.2 Å². The number of hydrogen-bond acceptors (Lipinski definition) is 3. The molecule has 0 unspecified atom stereocenters. The number of carbonyl (C=O) groups excluding carboxylic acids is 1. The number of anilines is 1. The highest BCUT2D eigenvalue weighted by molar-refractivity contribution is 7.98. The van der Waals surface area contributed by atoms with Crippen molar-refractivity contribution in [2.75, 3.05) is 18.2 Å². The quantitative estimate of drug-likeness (QED) is 0.843. The third-order valence-electron chi connectivity index (χ3n) is 2.75. The van der Waals surface area contributed by atoms with Crippen LogP contribution in [0.25, 0.3) is 0 Å². The average molecular weight is 287 g/mol. The van der Waals surface area contributed by atoms with Crippen molar-refractivity contribution >= 4 is 23.4 Å². The van der Waals surface area contributed by atoms with Gasteiger partial charge in [-0.05, 0) is 37.4 Å². The monoisotopic (exact) mass is 287 g/mol. The molecule has 0 spiro atoms. The van der Waals surface area contributed by atoms with Gasteiger partial charge < -0.3 is 10.1 Å². The number of ether oxygens (including phenoxy) is 1. The first-order chi connectivity index (χ1) is 9.74. The minimum atomic E-state index is -0.108. The molecule has 1 N–H and O–H groups in total. The molecule has 0 heterocycles.